The molecule has 1 amide bonds. The van der Waals surface area contributed by atoms with Gasteiger partial charge in [-0.25, -0.2) is 9.97 Å². The number of benzene rings is 2. The summed E-state index contributed by atoms with van der Waals surface area (Å²) in [6.07, 6.45) is 1.57. The van der Waals surface area contributed by atoms with E-state index in [0.29, 0.717) is 18.2 Å². The van der Waals surface area contributed by atoms with Gasteiger partial charge in [0.05, 0.1) is 13.2 Å². The molecule has 3 aromatic rings. The van der Waals surface area contributed by atoms with Gasteiger partial charge >= 0.3 is 0 Å². The molecule has 27 heavy (non-hydrogen) atoms. The highest BCUT2D eigenvalue weighted by Crippen LogP contribution is 2.18. The van der Waals surface area contributed by atoms with E-state index in [9.17, 15) is 4.79 Å². The fourth-order valence-corrected chi connectivity index (χ4v) is 2.69. The van der Waals surface area contributed by atoms with Gasteiger partial charge in [-0.3, -0.25) is 4.79 Å². The predicted molar refractivity (Wildman–Crippen MR) is 105 cm³/mol. The molecule has 0 bridgehead atoms. The first kappa shape index (κ1) is 18.4. The molecular weight excluding hydrogens is 340 g/mol. The lowest BCUT2D eigenvalue weighted by molar-refractivity contribution is 0.0945. The van der Waals surface area contributed by atoms with Crippen molar-refractivity contribution in [1.82, 2.24) is 15.3 Å². The molecule has 0 spiro atoms. The summed E-state index contributed by atoms with van der Waals surface area (Å²) in [6.45, 7) is 2.38. The van der Waals surface area contributed by atoms with Crippen molar-refractivity contribution >= 4 is 11.9 Å². The number of amides is 1. The van der Waals surface area contributed by atoms with Crippen molar-refractivity contribution in [3.05, 3.63) is 83.7 Å². The Kier molecular flexibility index (Phi) is 5.99. The minimum absolute atomic E-state index is 0.0260. The van der Waals surface area contributed by atoms with Crippen LogP contribution in [-0.2, 0) is 6.54 Å². The Morgan fingerprint density at radius 3 is 2.59 bits per heavy atom. The van der Waals surface area contributed by atoms with Crippen LogP contribution in [0.4, 0.5) is 5.95 Å². The molecule has 0 saturated heterocycles. The Morgan fingerprint density at radius 2 is 1.81 bits per heavy atom. The van der Waals surface area contributed by atoms with Crippen LogP contribution in [0.1, 0.15) is 34.6 Å². The number of carbonyl (C=O) groups is 1. The first-order valence-corrected chi connectivity index (χ1v) is 8.72. The second kappa shape index (κ2) is 8.80. The molecular formula is C21H22N4O2. The molecule has 0 aliphatic heterocycles. The number of rotatable bonds is 7. The van der Waals surface area contributed by atoms with Crippen LogP contribution in [0.2, 0.25) is 0 Å². The summed E-state index contributed by atoms with van der Waals surface area (Å²) < 4.78 is 5.30. The maximum Gasteiger partial charge on any atom is 0.270 e. The normalized spacial score (nSPS) is 11.5. The number of carbonyl (C=O) groups excluding carboxylic acids is 1. The SMILES string of the molecule is COc1ccccc1CNC(=O)c1ccnc(NC(C)c2ccccc2)n1. The van der Waals surface area contributed by atoms with E-state index in [-0.39, 0.29) is 11.9 Å². The Morgan fingerprint density at radius 1 is 1.07 bits per heavy atom. The molecule has 138 valence electrons. The number of ether oxygens (including phenoxy) is 1. The van der Waals surface area contributed by atoms with Crippen molar-refractivity contribution < 1.29 is 9.53 Å². The molecule has 3 rings (SSSR count). The highest BCUT2D eigenvalue weighted by molar-refractivity contribution is 5.92. The Bertz CT molecular complexity index is 899. The smallest absolute Gasteiger partial charge is 0.270 e. The van der Waals surface area contributed by atoms with Gasteiger partial charge in [0.15, 0.2) is 0 Å². The standard InChI is InChI=1S/C21H22N4O2/c1-15(16-8-4-3-5-9-16)24-21-22-13-12-18(25-21)20(26)23-14-17-10-6-7-11-19(17)27-2/h3-13,15H,14H2,1-2H3,(H,23,26)(H,22,24,25). The molecule has 0 aliphatic rings. The van der Waals surface area contributed by atoms with Crippen molar-refractivity contribution in [3.8, 4) is 5.75 Å². The lowest BCUT2D eigenvalue weighted by Gasteiger charge is -2.14. The number of aromatic nitrogens is 2. The van der Waals surface area contributed by atoms with E-state index < -0.39 is 0 Å². The summed E-state index contributed by atoms with van der Waals surface area (Å²) in [4.78, 5) is 21.0. The van der Waals surface area contributed by atoms with Crippen molar-refractivity contribution in [2.45, 2.75) is 19.5 Å². The zero-order valence-electron chi connectivity index (χ0n) is 15.3. The summed E-state index contributed by atoms with van der Waals surface area (Å²) in [5.41, 5.74) is 2.33. The van der Waals surface area contributed by atoms with Crippen LogP contribution in [0.15, 0.2) is 66.9 Å². The molecule has 1 unspecified atom stereocenters. The Balaban J connectivity index is 1.65. The highest BCUT2D eigenvalue weighted by atomic mass is 16.5. The average Bonchev–Trinajstić information content (AvgIpc) is 2.73. The van der Waals surface area contributed by atoms with Crippen molar-refractivity contribution in [1.29, 1.82) is 0 Å². The summed E-state index contributed by atoms with van der Waals surface area (Å²) in [7, 11) is 1.61. The fraction of sp³-hybridized carbons (Fsp3) is 0.190. The second-order valence-electron chi connectivity index (χ2n) is 6.04. The molecule has 6 nitrogen and oxygen atoms in total. The van der Waals surface area contributed by atoms with Gasteiger partial charge in [-0.1, -0.05) is 48.5 Å². The summed E-state index contributed by atoms with van der Waals surface area (Å²) in [5, 5.41) is 6.09. The number of para-hydroxylation sites is 1. The minimum atomic E-state index is -0.265. The van der Waals surface area contributed by atoms with E-state index in [2.05, 4.69) is 20.6 Å². The lowest BCUT2D eigenvalue weighted by Crippen LogP contribution is -2.24. The van der Waals surface area contributed by atoms with E-state index in [0.717, 1.165) is 16.9 Å². The maximum atomic E-state index is 12.5. The third-order valence-corrected chi connectivity index (χ3v) is 4.17. The summed E-state index contributed by atoms with van der Waals surface area (Å²) >= 11 is 0. The van der Waals surface area contributed by atoms with Gasteiger partial charge in [-0.15, -0.1) is 0 Å². The number of methoxy groups -OCH3 is 1. The van der Waals surface area contributed by atoms with Crippen molar-refractivity contribution in [2.24, 2.45) is 0 Å². The zero-order chi connectivity index (χ0) is 19.1. The van der Waals surface area contributed by atoms with Crippen LogP contribution in [0.25, 0.3) is 0 Å². The molecule has 6 heteroatoms. The van der Waals surface area contributed by atoms with E-state index >= 15 is 0 Å². The number of nitrogens with zero attached hydrogens (tertiary/aromatic N) is 2. The van der Waals surface area contributed by atoms with Gasteiger partial charge in [-0.2, -0.15) is 0 Å². The van der Waals surface area contributed by atoms with Gasteiger partial charge in [0, 0.05) is 18.3 Å². The maximum absolute atomic E-state index is 12.5. The average molecular weight is 362 g/mol. The van der Waals surface area contributed by atoms with Crippen LogP contribution in [0.3, 0.4) is 0 Å². The van der Waals surface area contributed by atoms with E-state index in [1.165, 1.54) is 0 Å². The Hall–Kier alpha value is -3.41. The topological polar surface area (TPSA) is 76.1 Å². The molecule has 0 radical (unpaired) electrons. The van der Waals surface area contributed by atoms with Gasteiger partial charge in [0.1, 0.15) is 11.4 Å². The molecule has 1 aromatic heterocycles. The third kappa shape index (κ3) is 4.82. The van der Waals surface area contributed by atoms with Crippen LogP contribution < -0.4 is 15.4 Å². The Labute approximate surface area is 158 Å². The van der Waals surface area contributed by atoms with Crippen molar-refractivity contribution in [3.63, 3.8) is 0 Å². The minimum Gasteiger partial charge on any atom is -0.496 e. The zero-order valence-corrected chi connectivity index (χ0v) is 15.3. The van der Waals surface area contributed by atoms with Gasteiger partial charge in [0.25, 0.3) is 5.91 Å². The molecule has 0 aliphatic carbocycles. The van der Waals surface area contributed by atoms with E-state index in [1.807, 2.05) is 61.5 Å². The largest absolute Gasteiger partial charge is 0.496 e. The molecule has 2 N–H and O–H groups in total. The van der Waals surface area contributed by atoms with Gasteiger partial charge < -0.3 is 15.4 Å². The predicted octanol–water partition coefficient (Wildman–Crippen LogP) is 3.59. The number of nitrogens with one attached hydrogen (secondary N) is 2. The van der Waals surface area contributed by atoms with Crippen LogP contribution in [-0.4, -0.2) is 23.0 Å². The molecule has 0 fully saturated rings. The third-order valence-electron chi connectivity index (χ3n) is 4.17. The van der Waals surface area contributed by atoms with Crippen LogP contribution in [0.5, 0.6) is 5.75 Å². The fourth-order valence-electron chi connectivity index (χ4n) is 2.69. The van der Waals surface area contributed by atoms with Crippen molar-refractivity contribution in [2.75, 3.05) is 12.4 Å². The molecule has 2 aromatic carbocycles. The lowest BCUT2D eigenvalue weighted by atomic mass is 10.1. The summed E-state index contributed by atoms with van der Waals surface area (Å²) in [5.74, 6) is 0.884. The van der Waals surface area contributed by atoms with Crippen LogP contribution >= 0.6 is 0 Å². The first-order valence-electron chi connectivity index (χ1n) is 8.72. The van der Waals surface area contributed by atoms with Gasteiger partial charge in [-0.05, 0) is 24.6 Å². The van der Waals surface area contributed by atoms with Crippen LogP contribution in [0, 0.1) is 0 Å². The molecule has 1 heterocycles. The number of hydrogen-bond donors (Lipinski definition) is 2. The number of anilines is 1. The molecule has 0 saturated carbocycles. The van der Waals surface area contributed by atoms with Gasteiger partial charge in [0.2, 0.25) is 5.95 Å². The van der Waals surface area contributed by atoms with E-state index in [4.69, 9.17) is 4.74 Å². The second-order valence-corrected chi connectivity index (χ2v) is 6.04. The quantitative estimate of drug-likeness (QED) is 0.672. The summed E-state index contributed by atoms with van der Waals surface area (Å²) in [6, 6.07) is 19.2. The van der Waals surface area contributed by atoms with E-state index in [1.54, 1.807) is 19.4 Å². The number of hydrogen-bond acceptors (Lipinski definition) is 5. The first-order chi connectivity index (χ1) is 13.2. The monoisotopic (exact) mass is 362 g/mol. The molecule has 1 atom stereocenters. The highest BCUT2D eigenvalue weighted by Gasteiger charge is 2.12.